The van der Waals surface area contributed by atoms with Gasteiger partial charge < -0.3 is 14.5 Å². The van der Waals surface area contributed by atoms with Crippen molar-refractivity contribution in [3.8, 4) is 11.5 Å². The van der Waals surface area contributed by atoms with E-state index in [2.05, 4.69) is 14.4 Å². The Morgan fingerprint density at radius 1 is 1.07 bits per heavy atom. The number of ether oxygens (including phenoxy) is 2. The third-order valence-corrected chi connectivity index (χ3v) is 5.91. The van der Waals surface area contributed by atoms with Crippen LogP contribution in [0.1, 0.15) is 18.2 Å². The Balaban J connectivity index is 1.73. The lowest BCUT2D eigenvalue weighted by Crippen LogP contribution is -2.26. The van der Waals surface area contributed by atoms with Crippen LogP contribution in [0.2, 0.25) is 0 Å². The van der Waals surface area contributed by atoms with Crippen LogP contribution >= 0.6 is 0 Å². The maximum Gasteiger partial charge on any atom is 0.573 e. The van der Waals surface area contributed by atoms with Gasteiger partial charge in [-0.15, -0.1) is 13.2 Å². The molecule has 0 saturated carbocycles. The molecule has 2 N–H and O–H groups in total. The number of sulfonamides is 1. The van der Waals surface area contributed by atoms with E-state index in [1.54, 1.807) is 19.1 Å². The van der Waals surface area contributed by atoms with E-state index in [1.807, 2.05) is 6.92 Å². The van der Waals surface area contributed by atoms with E-state index in [1.165, 1.54) is 30.3 Å². The zero-order valence-corrected chi connectivity index (χ0v) is 17.2. The standard InChI is InChI=1S/C20H21F3N2O4S/c1-3-28-14-4-7-16(8-5-14)30(26,27)24-11-10-17-13(2)25-19-9-6-15(12-18(17)19)29-20(21,22)23/h4-9,12,24-25H,3,10-11H2,1-2H3. The number of aromatic nitrogens is 1. The van der Waals surface area contributed by atoms with E-state index in [4.69, 9.17) is 4.74 Å². The predicted octanol–water partition coefficient (Wildman–Crippen LogP) is 4.29. The Morgan fingerprint density at radius 3 is 2.37 bits per heavy atom. The van der Waals surface area contributed by atoms with Crippen molar-refractivity contribution in [2.75, 3.05) is 13.2 Å². The van der Waals surface area contributed by atoms with Gasteiger partial charge in [-0.2, -0.15) is 0 Å². The van der Waals surface area contributed by atoms with Crippen LogP contribution in [-0.4, -0.2) is 32.9 Å². The number of hydrogen-bond donors (Lipinski definition) is 2. The third-order valence-electron chi connectivity index (χ3n) is 4.44. The Labute approximate surface area is 172 Å². The Bertz CT molecular complexity index is 1120. The molecule has 0 spiro atoms. The van der Waals surface area contributed by atoms with Gasteiger partial charge in [0.1, 0.15) is 11.5 Å². The maximum absolute atomic E-state index is 12.5. The van der Waals surface area contributed by atoms with E-state index < -0.39 is 16.4 Å². The molecule has 1 heterocycles. The Hall–Kier alpha value is -2.72. The van der Waals surface area contributed by atoms with Crippen LogP contribution in [0.3, 0.4) is 0 Å². The Kier molecular flexibility index (Phi) is 6.27. The number of benzene rings is 2. The first-order valence-corrected chi connectivity index (χ1v) is 10.7. The average molecular weight is 442 g/mol. The van der Waals surface area contributed by atoms with Gasteiger partial charge in [0, 0.05) is 23.1 Å². The summed E-state index contributed by atoms with van der Waals surface area (Å²) in [5, 5.41) is 0.550. The summed E-state index contributed by atoms with van der Waals surface area (Å²) < 4.78 is 74.3. The molecule has 0 aliphatic heterocycles. The number of fused-ring (bicyclic) bond motifs is 1. The number of halogens is 3. The molecule has 0 unspecified atom stereocenters. The van der Waals surface area contributed by atoms with E-state index in [-0.39, 0.29) is 23.6 Å². The highest BCUT2D eigenvalue weighted by molar-refractivity contribution is 7.89. The lowest BCUT2D eigenvalue weighted by Gasteiger charge is -2.10. The van der Waals surface area contributed by atoms with Gasteiger partial charge in [-0.25, -0.2) is 13.1 Å². The summed E-state index contributed by atoms with van der Waals surface area (Å²) in [6, 6.07) is 10.1. The zero-order valence-electron chi connectivity index (χ0n) is 16.3. The second-order valence-corrected chi connectivity index (χ2v) is 8.30. The summed E-state index contributed by atoms with van der Waals surface area (Å²) in [6.45, 7) is 4.16. The molecule has 3 aromatic rings. The number of nitrogens with one attached hydrogen (secondary N) is 2. The predicted molar refractivity (Wildman–Crippen MR) is 106 cm³/mol. The van der Waals surface area contributed by atoms with E-state index >= 15 is 0 Å². The van der Waals surface area contributed by atoms with Crippen LogP contribution in [0, 0.1) is 6.92 Å². The van der Waals surface area contributed by atoms with Crippen LogP contribution in [0.5, 0.6) is 11.5 Å². The molecule has 3 rings (SSSR count). The second kappa shape index (κ2) is 8.57. The van der Waals surface area contributed by atoms with Crippen molar-refractivity contribution in [3.05, 3.63) is 53.7 Å². The highest BCUT2D eigenvalue weighted by Gasteiger charge is 2.31. The van der Waals surface area contributed by atoms with Crippen molar-refractivity contribution < 1.29 is 31.1 Å². The van der Waals surface area contributed by atoms with Gasteiger partial charge >= 0.3 is 6.36 Å². The van der Waals surface area contributed by atoms with Crippen molar-refractivity contribution in [1.82, 2.24) is 9.71 Å². The van der Waals surface area contributed by atoms with E-state index in [9.17, 15) is 21.6 Å². The van der Waals surface area contributed by atoms with Crippen LogP contribution in [0.4, 0.5) is 13.2 Å². The lowest BCUT2D eigenvalue weighted by atomic mass is 10.1. The fraction of sp³-hybridized carbons (Fsp3) is 0.300. The fourth-order valence-electron chi connectivity index (χ4n) is 3.16. The summed E-state index contributed by atoms with van der Waals surface area (Å²) in [5.74, 6) is 0.243. The summed E-state index contributed by atoms with van der Waals surface area (Å²) >= 11 is 0. The van der Waals surface area contributed by atoms with Crippen molar-refractivity contribution in [2.45, 2.75) is 31.5 Å². The SMILES string of the molecule is CCOc1ccc(S(=O)(=O)NCCc2c(C)[nH]c3ccc(OC(F)(F)F)cc23)cc1. The fourth-order valence-corrected chi connectivity index (χ4v) is 4.19. The lowest BCUT2D eigenvalue weighted by molar-refractivity contribution is -0.274. The smallest absolute Gasteiger partial charge is 0.494 e. The monoisotopic (exact) mass is 442 g/mol. The number of aryl methyl sites for hydroxylation is 1. The van der Waals surface area contributed by atoms with Gasteiger partial charge in [0.05, 0.1) is 11.5 Å². The molecule has 0 aliphatic rings. The normalized spacial score (nSPS) is 12.3. The average Bonchev–Trinajstić information content (AvgIpc) is 2.96. The maximum atomic E-state index is 12.5. The van der Waals surface area contributed by atoms with Gasteiger partial charge in [-0.05, 0) is 68.3 Å². The van der Waals surface area contributed by atoms with Gasteiger partial charge in [0.15, 0.2) is 0 Å². The minimum Gasteiger partial charge on any atom is -0.494 e. The molecule has 30 heavy (non-hydrogen) atoms. The third kappa shape index (κ3) is 5.25. The topological polar surface area (TPSA) is 80.4 Å². The minimum atomic E-state index is -4.79. The number of aromatic amines is 1. The van der Waals surface area contributed by atoms with Crippen molar-refractivity contribution in [2.24, 2.45) is 0 Å². The van der Waals surface area contributed by atoms with Crippen LogP contribution < -0.4 is 14.2 Å². The van der Waals surface area contributed by atoms with Crippen LogP contribution in [0.25, 0.3) is 10.9 Å². The molecule has 2 aromatic carbocycles. The molecular weight excluding hydrogens is 421 g/mol. The first kappa shape index (κ1) is 22.0. The van der Waals surface area contributed by atoms with Gasteiger partial charge in [0.25, 0.3) is 0 Å². The molecule has 1 aromatic heterocycles. The summed E-state index contributed by atoms with van der Waals surface area (Å²) in [4.78, 5) is 3.19. The van der Waals surface area contributed by atoms with Gasteiger partial charge in [-0.3, -0.25) is 0 Å². The molecule has 0 atom stereocenters. The van der Waals surface area contributed by atoms with Crippen molar-refractivity contribution in [3.63, 3.8) is 0 Å². The van der Waals surface area contributed by atoms with Crippen LogP contribution in [0.15, 0.2) is 47.4 Å². The van der Waals surface area contributed by atoms with Crippen LogP contribution in [-0.2, 0) is 16.4 Å². The molecule has 10 heteroatoms. The highest BCUT2D eigenvalue weighted by Crippen LogP contribution is 2.30. The van der Waals surface area contributed by atoms with Crippen molar-refractivity contribution >= 4 is 20.9 Å². The molecule has 0 radical (unpaired) electrons. The number of alkyl halides is 3. The number of hydrogen-bond acceptors (Lipinski definition) is 4. The Morgan fingerprint density at radius 2 is 1.73 bits per heavy atom. The summed E-state index contributed by atoms with van der Waals surface area (Å²) in [7, 11) is -3.73. The summed E-state index contributed by atoms with van der Waals surface area (Å²) in [6.07, 6.45) is -4.50. The number of H-pyrrole nitrogens is 1. The highest BCUT2D eigenvalue weighted by atomic mass is 32.2. The first-order valence-electron chi connectivity index (χ1n) is 9.18. The quantitative estimate of drug-likeness (QED) is 0.545. The van der Waals surface area contributed by atoms with Gasteiger partial charge in [0.2, 0.25) is 10.0 Å². The molecule has 0 fully saturated rings. The molecule has 0 saturated heterocycles. The largest absolute Gasteiger partial charge is 0.573 e. The van der Waals surface area contributed by atoms with E-state index in [0.29, 0.717) is 28.8 Å². The molecule has 0 bridgehead atoms. The number of rotatable bonds is 8. The molecule has 0 aliphatic carbocycles. The summed E-state index contributed by atoms with van der Waals surface area (Å²) in [5.41, 5.74) is 2.10. The van der Waals surface area contributed by atoms with Gasteiger partial charge in [-0.1, -0.05) is 0 Å². The van der Waals surface area contributed by atoms with E-state index in [0.717, 1.165) is 5.69 Å². The molecule has 162 valence electrons. The zero-order chi connectivity index (χ0) is 21.9. The molecule has 6 nitrogen and oxygen atoms in total. The minimum absolute atomic E-state index is 0.0771. The first-order chi connectivity index (χ1) is 14.1. The second-order valence-electron chi connectivity index (χ2n) is 6.54. The molecular formula is C20H21F3N2O4S. The van der Waals surface area contributed by atoms with Crippen molar-refractivity contribution in [1.29, 1.82) is 0 Å². The molecule has 0 amide bonds.